The van der Waals surface area contributed by atoms with Crippen LogP contribution in [0.25, 0.3) is 93.5 Å². The minimum absolute atomic E-state index is 0.126. The van der Waals surface area contributed by atoms with Crippen LogP contribution in [-0.2, 0) is 0 Å². The van der Waals surface area contributed by atoms with Gasteiger partial charge >= 0.3 is 0 Å². The maximum Gasteiger partial charge on any atom is 0.0544 e. The fourth-order valence-corrected chi connectivity index (χ4v) is 11.5. The summed E-state index contributed by atoms with van der Waals surface area (Å²) >= 11 is 0. The van der Waals surface area contributed by atoms with Crippen molar-refractivity contribution >= 4 is 43.4 Å². The van der Waals surface area contributed by atoms with E-state index in [4.69, 9.17) is 0 Å². The Labute approximate surface area is 378 Å². The molecule has 1 heterocycles. The molecule has 0 amide bonds. The van der Waals surface area contributed by atoms with E-state index in [-0.39, 0.29) is 11.8 Å². The zero-order valence-electron chi connectivity index (χ0n) is 35.6. The van der Waals surface area contributed by atoms with Gasteiger partial charge in [0.25, 0.3) is 0 Å². The third-order valence-corrected chi connectivity index (χ3v) is 14.5. The van der Waals surface area contributed by atoms with Gasteiger partial charge in [-0.25, -0.2) is 0 Å². The van der Waals surface area contributed by atoms with Crippen LogP contribution in [-0.4, -0.2) is 4.57 Å². The van der Waals surface area contributed by atoms with E-state index in [1.807, 2.05) is 0 Å². The van der Waals surface area contributed by atoms with Gasteiger partial charge in [0.2, 0.25) is 0 Å². The van der Waals surface area contributed by atoms with Crippen LogP contribution in [0.15, 0.2) is 237 Å². The summed E-state index contributed by atoms with van der Waals surface area (Å²) in [5.41, 5.74) is 21.9. The summed E-state index contributed by atoms with van der Waals surface area (Å²) < 4.78 is 2.51. The number of benzene rings is 11. The first kappa shape index (κ1) is 36.2. The van der Waals surface area contributed by atoms with Crippen LogP contribution in [0, 0.1) is 0 Å². The number of fused-ring (bicyclic) bond motifs is 11. The van der Waals surface area contributed by atoms with Gasteiger partial charge in [-0.05, 0) is 142 Å². The lowest BCUT2D eigenvalue weighted by Crippen LogP contribution is -2.00. The van der Waals surface area contributed by atoms with Gasteiger partial charge in [-0.1, -0.05) is 194 Å². The van der Waals surface area contributed by atoms with Crippen molar-refractivity contribution in [2.24, 2.45) is 0 Å². The largest absolute Gasteiger partial charge is 0.309 e. The van der Waals surface area contributed by atoms with E-state index in [0.717, 1.165) is 5.69 Å². The Kier molecular flexibility index (Phi) is 7.88. The number of aromatic nitrogens is 1. The van der Waals surface area contributed by atoms with Crippen LogP contribution >= 0.6 is 0 Å². The molecule has 0 spiro atoms. The smallest absolute Gasteiger partial charge is 0.0544 e. The highest BCUT2D eigenvalue weighted by Crippen LogP contribution is 2.52. The normalized spacial score (nSPS) is 14.8. The molecule has 11 aromatic carbocycles. The van der Waals surface area contributed by atoms with Gasteiger partial charge in [-0.3, -0.25) is 0 Å². The van der Waals surface area contributed by atoms with Crippen LogP contribution in [0.4, 0.5) is 0 Å². The molecule has 2 atom stereocenters. The molecule has 0 N–H and O–H groups in total. The first-order chi connectivity index (χ1) is 32.2. The fourth-order valence-electron chi connectivity index (χ4n) is 11.5. The summed E-state index contributed by atoms with van der Waals surface area (Å²) in [6.45, 7) is 0. The molecule has 2 aliphatic carbocycles. The van der Waals surface area contributed by atoms with Gasteiger partial charge < -0.3 is 4.57 Å². The van der Waals surface area contributed by atoms with Crippen molar-refractivity contribution < 1.29 is 0 Å². The van der Waals surface area contributed by atoms with E-state index in [0.29, 0.717) is 0 Å². The Balaban J connectivity index is 0.970. The lowest BCUT2D eigenvalue weighted by Gasteiger charge is -2.16. The van der Waals surface area contributed by atoms with E-state index in [2.05, 4.69) is 241 Å². The molecule has 12 aromatic rings. The predicted octanol–water partition coefficient (Wildman–Crippen LogP) is 16.7. The van der Waals surface area contributed by atoms with Crippen molar-refractivity contribution in [3.8, 4) is 50.2 Å². The maximum atomic E-state index is 2.51. The van der Waals surface area contributed by atoms with Crippen molar-refractivity contribution in [2.45, 2.75) is 11.8 Å². The highest BCUT2D eigenvalue weighted by atomic mass is 15.0. The molecule has 0 saturated heterocycles. The molecule has 2 unspecified atom stereocenters. The Morgan fingerprint density at radius 2 is 0.785 bits per heavy atom. The third kappa shape index (κ3) is 5.59. The standard InChI is InChI=1S/C64H41N/c1-2-13-40(14-3-1)45-19-12-20-50(35-45)65-61-32-30-47(46-29-31-55-56(36-46)51-21-8-10-23-53(51)63(55)48-27-25-41-15-4-6-17-43(41)33-48)37-58(61)59-38-57-52-22-9-11-24-54(52)64(60(57)39-62(59)65)49-28-26-42-16-5-7-18-44(42)34-49/h1-39,63-64H. The molecule has 0 bridgehead atoms. The molecule has 0 saturated carbocycles. The van der Waals surface area contributed by atoms with Crippen molar-refractivity contribution in [1.82, 2.24) is 4.57 Å². The number of nitrogens with zero attached hydrogens (tertiary/aromatic N) is 1. The lowest BCUT2D eigenvalue weighted by atomic mass is 9.87. The monoisotopic (exact) mass is 823 g/mol. The second-order valence-corrected chi connectivity index (χ2v) is 18.0. The van der Waals surface area contributed by atoms with Crippen LogP contribution in [0.3, 0.4) is 0 Å². The molecule has 0 aliphatic heterocycles. The Bertz CT molecular complexity index is 3910. The quantitative estimate of drug-likeness (QED) is 0.163. The molecule has 14 rings (SSSR count). The fraction of sp³-hybridized carbons (Fsp3) is 0.0312. The van der Waals surface area contributed by atoms with Gasteiger partial charge in [0.1, 0.15) is 0 Å². The topological polar surface area (TPSA) is 4.93 Å². The van der Waals surface area contributed by atoms with Gasteiger partial charge in [0.15, 0.2) is 0 Å². The van der Waals surface area contributed by atoms with Crippen molar-refractivity contribution in [3.63, 3.8) is 0 Å². The molecule has 1 nitrogen and oxygen atoms in total. The average molecular weight is 824 g/mol. The summed E-state index contributed by atoms with van der Waals surface area (Å²) in [5, 5.41) is 7.62. The first-order valence-electron chi connectivity index (χ1n) is 22.8. The molecule has 0 fully saturated rings. The van der Waals surface area contributed by atoms with Gasteiger partial charge in [-0.2, -0.15) is 0 Å². The van der Waals surface area contributed by atoms with Crippen LogP contribution in [0.2, 0.25) is 0 Å². The Hall–Kier alpha value is -8.26. The van der Waals surface area contributed by atoms with Gasteiger partial charge in [-0.15, -0.1) is 0 Å². The molecule has 2 aliphatic rings. The SMILES string of the molecule is c1ccc(-c2cccc(-n3c4ccc(-c5ccc6c(c5)-c5ccccc5C6c5ccc6ccccc6c5)cc4c4cc5c(cc43)C(c3ccc4ccccc4c3)c3ccccc3-5)c2)cc1. The van der Waals surface area contributed by atoms with E-state index in [9.17, 15) is 0 Å². The minimum Gasteiger partial charge on any atom is -0.309 e. The summed E-state index contributed by atoms with van der Waals surface area (Å²) in [6.07, 6.45) is 0. The van der Waals surface area contributed by atoms with Gasteiger partial charge in [0, 0.05) is 28.3 Å². The molecular weight excluding hydrogens is 783 g/mol. The maximum absolute atomic E-state index is 2.51. The number of hydrogen-bond acceptors (Lipinski definition) is 0. The molecular formula is C64H41N. The predicted molar refractivity (Wildman–Crippen MR) is 272 cm³/mol. The lowest BCUT2D eigenvalue weighted by molar-refractivity contribution is 1.02. The zero-order chi connectivity index (χ0) is 42.6. The number of rotatable bonds is 5. The molecule has 1 aromatic heterocycles. The second kappa shape index (κ2) is 14.1. The first-order valence-corrected chi connectivity index (χ1v) is 22.8. The Morgan fingerprint density at radius 1 is 0.262 bits per heavy atom. The van der Waals surface area contributed by atoms with Crippen LogP contribution in [0.5, 0.6) is 0 Å². The highest BCUT2D eigenvalue weighted by Gasteiger charge is 2.33. The molecule has 1 heteroatoms. The summed E-state index contributed by atoms with van der Waals surface area (Å²) in [4.78, 5) is 0. The average Bonchev–Trinajstić information content (AvgIpc) is 4.00. The Morgan fingerprint density at radius 3 is 1.49 bits per heavy atom. The van der Waals surface area contributed by atoms with E-state index < -0.39 is 0 Å². The van der Waals surface area contributed by atoms with E-state index in [1.54, 1.807) is 0 Å². The molecule has 0 radical (unpaired) electrons. The third-order valence-electron chi connectivity index (χ3n) is 14.5. The van der Waals surface area contributed by atoms with Crippen LogP contribution in [0.1, 0.15) is 45.2 Å². The summed E-state index contributed by atoms with van der Waals surface area (Å²) in [7, 11) is 0. The molecule has 302 valence electrons. The van der Waals surface area contributed by atoms with E-state index in [1.165, 1.54) is 121 Å². The highest BCUT2D eigenvalue weighted by molar-refractivity contribution is 6.13. The van der Waals surface area contributed by atoms with E-state index >= 15 is 0 Å². The molecule has 65 heavy (non-hydrogen) atoms. The van der Waals surface area contributed by atoms with Gasteiger partial charge in [0.05, 0.1) is 11.0 Å². The summed E-state index contributed by atoms with van der Waals surface area (Å²) in [5.74, 6) is 0.316. The van der Waals surface area contributed by atoms with Crippen LogP contribution < -0.4 is 0 Å². The minimum atomic E-state index is 0.126. The van der Waals surface area contributed by atoms with Crippen molar-refractivity contribution in [3.05, 3.63) is 270 Å². The second-order valence-electron chi connectivity index (χ2n) is 18.0. The summed E-state index contributed by atoms with van der Waals surface area (Å²) in [6, 6.07) is 88.7. The van der Waals surface area contributed by atoms with Crippen molar-refractivity contribution in [2.75, 3.05) is 0 Å². The number of hydrogen-bond donors (Lipinski definition) is 0. The zero-order valence-corrected chi connectivity index (χ0v) is 35.6. The van der Waals surface area contributed by atoms with Crippen molar-refractivity contribution in [1.29, 1.82) is 0 Å².